The van der Waals surface area contributed by atoms with Crippen molar-refractivity contribution in [3.05, 3.63) is 18.2 Å². The van der Waals surface area contributed by atoms with E-state index < -0.39 is 6.10 Å². The number of carbonyl (C=O) groups excluding carboxylic acids is 2. The monoisotopic (exact) mass is 310 g/mol. The van der Waals surface area contributed by atoms with Crippen molar-refractivity contribution in [3.8, 4) is 5.75 Å². The maximum absolute atomic E-state index is 11.4. The predicted molar refractivity (Wildman–Crippen MR) is 83.4 cm³/mol. The van der Waals surface area contributed by atoms with Crippen LogP contribution in [0.15, 0.2) is 18.2 Å². The lowest BCUT2D eigenvalue weighted by molar-refractivity contribution is -0.116. The van der Waals surface area contributed by atoms with Gasteiger partial charge in [-0.1, -0.05) is 0 Å². The number of hydrogen-bond acceptors (Lipinski definition) is 5. The van der Waals surface area contributed by atoms with Crippen LogP contribution >= 0.6 is 0 Å². The molecule has 2 amide bonds. The van der Waals surface area contributed by atoms with Gasteiger partial charge in [0.2, 0.25) is 12.3 Å². The molecule has 0 saturated carbocycles. The van der Waals surface area contributed by atoms with E-state index in [-0.39, 0.29) is 19.1 Å². The van der Waals surface area contributed by atoms with Crippen molar-refractivity contribution in [3.63, 3.8) is 0 Å². The van der Waals surface area contributed by atoms with Gasteiger partial charge < -0.3 is 24.4 Å². The van der Waals surface area contributed by atoms with Crippen LogP contribution in [0.2, 0.25) is 0 Å². The molecule has 1 aromatic carbocycles. The summed E-state index contributed by atoms with van der Waals surface area (Å²) in [4.78, 5) is 25.6. The first-order chi connectivity index (χ1) is 10.5. The van der Waals surface area contributed by atoms with Gasteiger partial charge in [-0.25, -0.2) is 0 Å². The van der Waals surface area contributed by atoms with Crippen LogP contribution in [0.25, 0.3) is 0 Å². The Balaban J connectivity index is 3.11. The van der Waals surface area contributed by atoms with Crippen molar-refractivity contribution >= 4 is 23.7 Å². The smallest absolute Gasteiger partial charge is 0.223 e. The van der Waals surface area contributed by atoms with Gasteiger partial charge in [-0.05, 0) is 12.1 Å². The zero-order valence-electron chi connectivity index (χ0n) is 13.3. The number of aliphatic hydroxyl groups is 1. The lowest BCUT2D eigenvalue weighted by Crippen LogP contribution is -2.35. The molecule has 0 fully saturated rings. The Morgan fingerprint density at radius 3 is 2.55 bits per heavy atom. The van der Waals surface area contributed by atoms with Gasteiger partial charge in [-0.2, -0.15) is 0 Å². The number of hydrogen-bond donors (Lipinski definition) is 1. The maximum atomic E-state index is 11.4. The molecule has 1 aromatic rings. The minimum atomic E-state index is -0.491. The summed E-state index contributed by atoms with van der Waals surface area (Å²) in [5, 5.41) is 9.18. The van der Waals surface area contributed by atoms with Crippen molar-refractivity contribution in [2.45, 2.75) is 13.0 Å². The fraction of sp³-hybridized carbons (Fsp3) is 0.467. The summed E-state index contributed by atoms with van der Waals surface area (Å²) in [5.41, 5.74) is 1.19. The van der Waals surface area contributed by atoms with Crippen molar-refractivity contribution in [1.82, 2.24) is 0 Å². The zero-order valence-corrected chi connectivity index (χ0v) is 13.3. The van der Waals surface area contributed by atoms with Gasteiger partial charge in [-0.3, -0.25) is 9.59 Å². The van der Waals surface area contributed by atoms with Crippen molar-refractivity contribution < 1.29 is 24.2 Å². The molecule has 0 saturated heterocycles. The first-order valence-corrected chi connectivity index (χ1v) is 6.76. The third-order valence-electron chi connectivity index (χ3n) is 3.40. The molecule has 0 radical (unpaired) electrons. The molecule has 0 aliphatic carbocycles. The topological polar surface area (TPSA) is 79.3 Å². The molecule has 1 unspecified atom stereocenters. The van der Waals surface area contributed by atoms with E-state index in [1.807, 2.05) is 0 Å². The second kappa shape index (κ2) is 8.35. The highest BCUT2D eigenvalue weighted by Crippen LogP contribution is 2.32. The molecular weight excluding hydrogens is 288 g/mol. The molecule has 0 bridgehead atoms. The van der Waals surface area contributed by atoms with Gasteiger partial charge in [-0.15, -0.1) is 0 Å². The molecule has 0 aliphatic heterocycles. The third-order valence-corrected chi connectivity index (χ3v) is 3.40. The molecule has 0 aliphatic rings. The number of nitrogens with zero attached hydrogens (tertiary/aromatic N) is 2. The first-order valence-electron chi connectivity index (χ1n) is 6.76. The van der Waals surface area contributed by atoms with E-state index in [9.17, 15) is 14.7 Å². The predicted octanol–water partition coefficient (Wildman–Crippen LogP) is 0.648. The second-order valence-corrected chi connectivity index (χ2v) is 4.73. The molecule has 7 heteroatoms. The minimum Gasteiger partial charge on any atom is -0.494 e. The molecule has 0 aromatic heterocycles. The molecular formula is C15H22N2O5. The van der Waals surface area contributed by atoms with E-state index in [1.54, 1.807) is 25.2 Å². The maximum Gasteiger partial charge on any atom is 0.223 e. The largest absolute Gasteiger partial charge is 0.494 e. The Hall–Kier alpha value is -2.12. The standard InChI is InChI=1S/C15H22N2O5/c1-11(20)16(2)12-5-6-14(15(7-12)22-4)17(10-19)8-13(9-18)21-3/h5-7,10,13,18H,8-9H2,1-4H3. The SMILES string of the molecule is COc1cc(N(C)C(C)=O)ccc1N(C=O)CC(CO)OC. The highest BCUT2D eigenvalue weighted by atomic mass is 16.5. The number of benzene rings is 1. The number of rotatable bonds is 8. The van der Waals surface area contributed by atoms with Crippen LogP contribution in [0, 0.1) is 0 Å². The van der Waals surface area contributed by atoms with Crippen LogP contribution in [-0.4, -0.2) is 57.9 Å². The zero-order chi connectivity index (χ0) is 16.7. The van der Waals surface area contributed by atoms with Gasteiger partial charge in [0.1, 0.15) is 5.75 Å². The Morgan fingerprint density at radius 2 is 2.09 bits per heavy atom. The molecule has 1 atom stereocenters. The second-order valence-electron chi connectivity index (χ2n) is 4.73. The van der Waals surface area contributed by atoms with E-state index in [0.717, 1.165) is 0 Å². The average molecular weight is 310 g/mol. The van der Waals surface area contributed by atoms with Crippen LogP contribution < -0.4 is 14.5 Å². The summed E-state index contributed by atoms with van der Waals surface area (Å²) in [6, 6.07) is 5.08. The quantitative estimate of drug-likeness (QED) is 0.713. The number of anilines is 2. The lowest BCUT2D eigenvalue weighted by Gasteiger charge is -2.25. The number of methoxy groups -OCH3 is 2. The van der Waals surface area contributed by atoms with Gasteiger partial charge in [0.05, 0.1) is 32.1 Å². The summed E-state index contributed by atoms with van der Waals surface area (Å²) in [5.74, 6) is 0.340. The number of carbonyl (C=O) groups is 2. The normalized spacial score (nSPS) is 11.7. The molecule has 7 nitrogen and oxygen atoms in total. The lowest BCUT2D eigenvalue weighted by atomic mass is 10.2. The molecule has 0 spiro atoms. The average Bonchev–Trinajstić information content (AvgIpc) is 2.55. The van der Waals surface area contributed by atoms with Crippen LogP contribution in [-0.2, 0) is 14.3 Å². The summed E-state index contributed by atoms with van der Waals surface area (Å²) in [6.07, 6.45) is 0.155. The van der Waals surface area contributed by atoms with Gasteiger partial charge in [0.15, 0.2) is 0 Å². The van der Waals surface area contributed by atoms with Gasteiger partial charge >= 0.3 is 0 Å². The summed E-state index contributed by atoms with van der Waals surface area (Å²) >= 11 is 0. The Kier molecular flexibility index (Phi) is 6.81. The highest BCUT2D eigenvalue weighted by Gasteiger charge is 2.18. The van der Waals surface area contributed by atoms with Crippen molar-refractivity contribution in [2.75, 3.05) is 44.2 Å². The van der Waals surface area contributed by atoms with E-state index in [2.05, 4.69) is 0 Å². The summed E-state index contributed by atoms with van der Waals surface area (Å²) < 4.78 is 10.4. The fourth-order valence-electron chi connectivity index (χ4n) is 1.92. The fourth-order valence-corrected chi connectivity index (χ4v) is 1.92. The molecule has 1 N–H and O–H groups in total. The molecule has 22 heavy (non-hydrogen) atoms. The Labute approximate surface area is 130 Å². The van der Waals surface area contributed by atoms with E-state index in [4.69, 9.17) is 9.47 Å². The Bertz CT molecular complexity index is 517. The van der Waals surface area contributed by atoms with Crippen molar-refractivity contribution in [2.24, 2.45) is 0 Å². The first kappa shape index (κ1) is 17.9. The number of ether oxygens (including phenoxy) is 2. The van der Waals surface area contributed by atoms with E-state index in [0.29, 0.717) is 23.5 Å². The third kappa shape index (κ3) is 4.19. The number of amides is 2. The van der Waals surface area contributed by atoms with Crippen LogP contribution in [0.4, 0.5) is 11.4 Å². The van der Waals surface area contributed by atoms with Crippen LogP contribution in [0.5, 0.6) is 5.75 Å². The molecule has 122 valence electrons. The minimum absolute atomic E-state index is 0.109. The van der Waals surface area contributed by atoms with E-state index >= 15 is 0 Å². The van der Waals surface area contributed by atoms with Gasteiger partial charge in [0.25, 0.3) is 0 Å². The van der Waals surface area contributed by atoms with Crippen LogP contribution in [0.1, 0.15) is 6.92 Å². The van der Waals surface area contributed by atoms with E-state index in [1.165, 1.54) is 30.9 Å². The molecule has 1 rings (SSSR count). The summed E-state index contributed by atoms with van der Waals surface area (Å²) in [7, 11) is 4.60. The number of aliphatic hydroxyl groups excluding tert-OH is 1. The van der Waals surface area contributed by atoms with Gasteiger partial charge in [0, 0.05) is 32.8 Å². The Morgan fingerprint density at radius 1 is 1.41 bits per heavy atom. The summed E-state index contributed by atoms with van der Waals surface area (Å²) in [6.45, 7) is 1.45. The molecule has 0 heterocycles. The highest BCUT2D eigenvalue weighted by molar-refractivity contribution is 5.92. The van der Waals surface area contributed by atoms with Crippen molar-refractivity contribution in [1.29, 1.82) is 0 Å². The van der Waals surface area contributed by atoms with Crippen LogP contribution in [0.3, 0.4) is 0 Å².